The fourth-order valence-corrected chi connectivity index (χ4v) is 3.91. The van der Waals surface area contributed by atoms with Crippen molar-refractivity contribution in [2.45, 2.75) is 42.9 Å². The van der Waals surface area contributed by atoms with E-state index in [-0.39, 0.29) is 23.9 Å². The van der Waals surface area contributed by atoms with Crippen molar-refractivity contribution in [1.29, 1.82) is 0 Å². The highest BCUT2D eigenvalue weighted by Crippen LogP contribution is 2.36. The average Bonchev–Trinajstić information content (AvgIpc) is 2.94. The van der Waals surface area contributed by atoms with Crippen molar-refractivity contribution >= 4 is 6.08 Å². The molecule has 0 aliphatic carbocycles. The molecule has 0 spiro atoms. The minimum Gasteiger partial charge on any atom is -0.493 e. The first-order valence-corrected chi connectivity index (χ1v) is 11.8. The van der Waals surface area contributed by atoms with Gasteiger partial charge >= 0.3 is 0 Å². The lowest BCUT2D eigenvalue weighted by Gasteiger charge is -2.39. The Bertz CT molecular complexity index is 1060. The number of rotatable bonds is 12. The molecule has 1 heterocycles. The van der Waals surface area contributed by atoms with Crippen LogP contribution < -0.4 is 18.9 Å². The first-order chi connectivity index (χ1) is 18.3. The molecule has 38 heavy (non-hydrogen) atoms. The summed E-state index contributed by atoms with van der Waals surface area (Å²) in [4.78, 5) is 0. The molecule has 12 nitrogen and oxygen atoms in total. The van der Waals surface area contributed by atoms with Crippen molar-refractivity contribution in [3.05, 3.63) is 53.6 Å². The summed E-state index contributed by atoms with van der Waals surface area (Å²) in [5.41, 5.74) is 1.06. The smallest absolute Gasteiger partial charge is 0.229 e. The highest BCUT2D eigenvalue weighted by molar-refractivity contribution is 5.56. The summed E-state index contributed by atoms with van der Waals surface area (Å²) in [6, 6.07) is 9.36. The van der Waals surface area contributed by atoms with Gasteiger partial charge < -0.3 is 59.4 Å². The Morgan fingerprint density at radius 3 is 2.18 bits per heavy atom. The van der Waals surface area contributed by atoms with Crippen LogP contribution in [0.15, 0.2) is 42.5 Å². The zero-order chi connectivity index (χ0) is 27.8. The van der Waals surface area contributed by atoms with Crippen LogP contribution in [0, 0.1) is 0 Å². The maximum atomic E-state index is 11.0. The molecule has 0 bridgehead atoms. The Hall–Kier alpha value is -2.94. The maximum absolute atomic E-state index is 11.0. The second-order valence-corrected chi connectivity index (χ2v) is 8.50. The van der Waals surface area contributed by atoms with Gasteiger partial charge in [-0.3, -0.25) is 0 Å². The standard InChI is InChI=1S/C26H34O12/c1-34-18-10-14(4-3-9-27)5-7-16(18)36-20(12-28)22(30)15-6-8-17(19(11-15)35-2)37-26-25(33)24(32)23(31)21(13-29)38-26/h3-8,10-11,20-33H,9,12-13H2,1-2H3/b4-3+/t20-,21+,22-,23+,24-,25+,26-/m0/s1. The number of hydrogen-bond donors (Lipinski definition) is 7. The van der Waals surface area contributed by atoms with Gasteiger partial charge in [0.2, 0.25) is 6.29 Å². The molecule has 2 aromatic carbocycles. The molecule has 0 radical (unpaired) electrons. The second kappa shape index (κ2) is 13.7. The molecule has 1 fully saturated rings. The molecular formula is C26H34O12. The number of methoxy groups -OCH3 is 2. The van der Waals surface area contributed by atoms with Crippen molar-refractivity contribution in [3.8, 4) is 23.0 Å². The quantitative estimate of drug-likeness (QED) is 0.181. The van der Waals surface area contributed by atoms with Gasteiger partial charge in [0.25, 0.3) is 0 Å². The molecule has 2 aromatic rings. The number of ether oxygens (including phenoxy) is 5. The highest BCUT2D eigenvalue weighted by atomic mass is 16.7. The van der Waals surface area contributed by atoms with Gasteiger partial charge in [-0.1, -0.05) is 24.3 Å². The summed E-state index contributed by atoms with van der Waals surface area (Å²) in [7, 11) is 2.80. The van der Waals surface area contributed by atoms with Gasteiger partial charge in [-0.15, -0.1) is 0 Å². The van der Waals surface area contributed by atoms with Crippen LogP contribution in [-0.4, -0.2) is 107 Å². The van der Waals surface area contributed by atoms with E-state index in [0.717, 1.165) is 5.56 Å². The fourth-order valence-electron chi connectivity index (χ4n) is 3.91. The van der Waals surface area contributed by atoms with Gasteiger partial charge in [0, 0.05) is 0 Å². The first-order valence-electron chi connectivity index (χ1n) is 11.8. The van der Waals surface area contributed by atoms with E-state index >= 15 is 0 Å². The van der Waals surface area contributed by atoms with Gasteiger partial charge in [0.05, 0.1) is 34.0 Å². The molecule has 1 aliphatic heterocycles. The van der Waals surface area contributed by atoms with Crippen LogP contribution in [0.3, 0.4) is 0 Å². The summed E-state index contributed by atoms with van der Waals surface area (Å²) in [6.45, 7) is -1.26. The van der Waals surface area contributed by atoms with Crippen LogP contribution >= 0.6 is 0 Å². The third-order valence-corrected chi connectivity index (χ3v) is 6.03. The van der Waals surface area contributed by atoms with E-state index in [0.29, 0.717) is 11.3 Å². The van der Waals surface area contributed by atoms with Crippen LogP contribution in [0.1, 0.15) is 17.2 Å². The molecule has 0 aromatic heterocycles. The lowest BCUT2D eigenvalue weighted by Crippen LogP contribution is -2.60. The van der Waals surface area contributed by atoms with Gasteiger partial charge in [0.1, 0.15) is 30.5 Å². The van der Waals surface area contributed by atoms with Gasteiger partial charge in [-0.2, -0.15) is 0 Å². The average molecular weight is 539 g/mol. The van der Waals surface area contributed by atoms with E-state index in [1.807, 2.05) is 0 Å². The van der Waals surface area contributed by atoms with E-state index < -0.39 is 56.1 Å². The SMILES string of the molecule is COc1cc([C@H](O)[C@H](CO)Oc2ccc(/C=C/CO)cc2OC)ccc1O[C@H]1O[C@H](CO)[C@@H](O)[C@H](O)[C@H]1O. The molecule has 12 heteroatoms. The van der Waals surface area contributed by atoms with Gasteiger partial charge in [-0.05, 0) is 35.4 Å². The third-order valence-electron chi connectivity index (χ3n) is 6.03. The summed E-state index contributed by atoms with van der Waals surface area (Å²) in [6.07, 6.45) is -6.47. The predicted octanol–water partition coefficient (Wildman–Crippen LogP) is -0.639. The van der Waals surface area contributed by atoms with Crippen LogP contribution in [0.4, 0.5) is 0 Å². The highest BCUT2D eigenvalue weighted by Gasteiger charge is 2.45. The molecule has 1 saturated heterocycles. The molecule has 7 N–H and O–H groups in total. The fraction of sp³-hybridized carbons (Fsp3) is 0.462. The summed E-state index contributed by atoms with van der Waals surface area (Å²) < 4.78 is 27.6. The molecule has 0 saturated carbocycles. The zero-order valence-corrected chi connectivity index (χ0v) is 21.0. The molecule has 210 valence electrons. The Balaban J connectivity index is 1.78. The largest absolute Gasteiger partial charge is 0.493 e. The van der Waals surface area contributed by atoms with E-state index in [9.17, 15) is 30.6 Å². The van der Waals surface area contributed by atoms with Crippen molar-refractivity contribution in [3.63, 3.8) is 0 Å². The Morgan fingerprint density at radius 2 is 1.55 bits per heavy atom. The van der Waals surface area contributed by atoms with Crippen LogP contribution in [0.25, 0.3) is 6.08 Å². The Labute approximate surface area is 219 Å². The second-order valence-electron chi connectivity index (χ2n) is 8.50. The number of benzene rings is 2. The van der Waals surface area contributed by atoms with Crippen LogP contribution in [-0.2, 0) is 4.74 Å². The minimum absolute atomic E-state index is 0.0856. The van der Waals surface area contributed by atoms with E-state index in [2.05, 4.69) is 0 Å². The summed E-state index contributed by atoms with van der Waals surface area (Å²) in [5, 5.41) is 69.4. The molecule has 3 rings (SSSR count). The summed E-state index contributed by atoms with van der Waals surface area (Å²) >= 11 is 0. The van der Waals surface area contributed by atoms with Crippen molar-refractivity contribution in [1.82, 2.24) is 0 Å². The van der Waals surface area contributed by atoms with Crippen molar-refractivity contribution in [2.24, 2.45) is 0 Å². The number of aliphatic hydroxyl groups is 7. The van der Waals surface area contributed by atoms with Gasteiger partial charge in [-0.25, -0.2) is 0 Å². The van der Waals surface area contributed by atoms with Crippen molar-refractivity contribution in [2.75, 3.05) is 34.0 Å². The van der Waals surface area contributed by atoms with E-state index in [1.165, 1.54) is 32.4 Å². The van der Waals surface area contributed by atoms with E-state index in [4.69, 9.17) is 28.8 Å². The topological polar surface area (TPSA) is 188 Å². The number of aliphatic hydroxyl groups excluding tert-OH is 7. The van der Waals surface area contributed by atoms with Crippen LogP contribution in [0.2, 0.25) is 0 Å². The monoisotopic (exact) mass is 538 g/mol. The number of hydrogen-bond acceptors (Lipinski definition) is 12. The summed E-state index contributed by atoms with van der Waals surface area (Å²) in [5.74, 6) is 0.855. The maximum Gasteiger partial charge on any atom is 0.229 e. The lowest BCUT2D eigenvalue weighted by molar-refractivity contribution is -0.277. The van der Waals surface area contributed by atoms with Crippen LogP contribution in [0.5, 0.6) is 23.0 Å². The normalized spacial score (nSPS) is 25.1. The minimum atomic E-state index is -1.62. The molecule has 0 amide bonds. The molecule has 1 aliphatic rings. The molecular weight excluding hydrogens is 504 g/mol. The Kier molecular flexibility index (Phi) is 10.7. The van der Waals surface area contributed by atoms with E-state index in [1.54, 1.807) is 30.4 Å². The third kappa shape index (κ3) is 6.73. The van der Waals surface area contributed by atoms with Gasteiger partial charge in [0.15, 0.2) is 29.1 Å². The lowest BCUT2D eigenvalue weighted by atomic mass is 9.99. The van der Waals surface area contributed by atoms with Crippen molar-refractivity contribution < 1.29 is 59.4 Å². The Morgan fingerprint density at radius 1 is 0.868 bits per heavy atom. The molecule has 0 unspecified atom stereocenters. The first kappa shape index (κ1) is 29.6. The molecule has 7 atom stereocenters. The predicted molar refractivity (Wildman–Crippen MR) is 133 cm³/mol. The zero-order valence-electron chi connectivity index (χ0n) is 21.0.